The molecule has 0 amide bonds. The van der Waals surface area contributed by atoms with E-state index in [1.54, 1.807) is 0 Å². The van der Waals surface area contributed by atoms with Gasteiger partial charge in [-0.05, 0) is 61.8 Å². The summed E-state index contributed by atoms with van der Waals surface area (Å²) in [6.07, 6.45) is 7.15. The van der Waals surface area contributed by atoms with Crippen LogP contribution in [0.25, 0.3) is 0 Å². The summed E-state index contributed by atoms with van der Waals surface area (Å²) in [5.41, 5.74) is 4.33. The summed E-state index contributed by atoms with van der Waals surface area (Å²) in [6.45, 7) is 6.99. The molecule has 0 spiro atoms. The highest BCUT2D eigenvalue weighted by atomic mass is 35.5. The molecule has 1 aliphatic rings. The second-order valence-corrected chi connectivity index (χ2v) is 8.53. The molecule has 0 aliphatic heterocycles. The highest BCUT2D eigenvalue weighted by Crippen LogP contribution is 2.45. The molecule has 1 fully saturated rings. The van der Waals surface area contributed by atoms with E-state index in [9.17, 15) is 0 Å². The van der Waals surface area contributed by atoms with Gasteiger partial charge in [-0.15, -0.1) is 11.6 Å². The number of nitrogens with zero attached hydrogens (tertiary/aromatic N) is 1. The third kappa shape index (κ3) is 6.09. The number of alkyl halides is 1. The first kappa shape index (κ1) is 20.4. The van der Waals surface area contributed by atoms with E-state index in [1.165, 1.54) is 48.9 Å². The average molecular weight is 384 g/mol. The second-order valence-electron chi connectivity index (χ2n) is 7.97. The number of halogens is 1. The van der Waals surface area contributed by atoms with Gasteiger partial charge >= 0.3 is 0 Å². The smallest absolute Gasteiger partial charge is 0.0411 e. The minimum absolute atomic E-state index is 0.368. The van der Waals surface area contributed by atoms with Crippen molar-refractivity contribution in [1.29, 1.82) is 0 Å². The zero-order valence-electron chi connectivity index (χ0n) is 16.9. The van der Waals surface area contributed by atoms with Gasteiger partial charge in [-0.25, -0.2) is 0 Å². The Morgan fingerprint density at radius 1 is 0.926 bits per heavy atom. The van der Waals surface area contributed by atoms with Crippen molar-refractivity contribution in [2.45, 2.75) is 69.7 Å². The predicted molar refractivity (Wildman–Crippen MR) is 118 cm³/mol. The van der Waals surface area contributed by atoms with Gasteiger partial charge in [0.1, 0.15) is 0 Å². The second kappa shape index (κ2) is 10.3. The third-order valence-corrected chi connectivity index (χ3v) is 6.40. The summed E-state index contributed by atoms with van der Waals surface area (Å²) in [7, 11) is 0. The maximum Gasteiger partial charge on any atom is 0.0411 e. The molecule has 2 heteroatoms. The van der Waals surface area contributed by atoms with Crippen molar-refractivity contribution in [3.63, 3.8) is 0 Å². The highest BCUT2D eigenvalue weighted by Gasteiger charge is 2.36. The number of hydrogen-bond donors (Lipinski definition) is 0. The zero-order valence-corrected chi connectivity index (χ0v) is 17.7. The Hall–Kier alpha value is -1.31. The van der Waals surface area contributed by atoms with Gasteiger partial charge in [0.05, 0.1) is 0 Å². The normalized spacial score (nSPS) is 20.0. The summed E-state index contributed by atoms with van der Waals surface area (Å²) in [4.78, 5) is 2.71. The number of rotatable bonds is 11. The topological polar surface area (TPSA) is 3.24 Å². The Balaban J connectivity index is 1.52. The van der Waals surface area contributed by atoms with Crippen LogP contribution in [-0.4, -0.2) is 29.4 Å². The summed E-state index contributed by atoms with van der Waals surface area (Å²) < 4.78 is 0. The number of aryl methyl sites for hydroxylation is 1. The van der Waals surface area contributed by atoms with Crippen molar-refractivity contribution in [3.05, 3.63) is 71.3 Å². The van der Waals surface area contributed by atoms with Gasteiger partial charge in [0.2, 0.25) is 0 Å². The Bertz CT molecular complexity index is 666. The van der Waals surface area contributed by atoms with Crippen LogP contribution in [0.4, 0.5) is 0 Å². The van der Waals surface area contributed by atoms with Gasteiger partial charge < -0.3 is 4.90 Å². The molecule has 0 heterocycles. The summed E-state index contributed by atoms with van der Waals surface area (Å²) in [5, 5.41) is 0.368. The molecule has 3 unspecified atom stereocenters. The first-order valence-corrected chi connectivity index (χ1v) is 11.2. The van der Waals surface area contributed by atoms with Crippen LogP contribution in [-0.2, 0) is 12.8 Å². The molecule has 0 radical (unpaired) electrons. The van der Waals surface area contributed by atoms with E-state index < -0.39 is 0 Å². The van der Waals surface area contributed by atoms with E-state index in [1.807, 2.05) is 0 Å². The van der Waals surface area contributed by atoms with Crippen LogP contribution in [0.15, 0.2) is 54.6 Å². The van der Waals surface area contributed by atoms with Crippen molar-refractivity contribution in [3.8, 4) is 0 Å². The molecule has 0 bridgehead atoms. The van der Waals surface area contributed by atoms with Crippen LogP contribution in [0.5, 0.6) is 0 Å². The van der Waals surface area contributed by atoms with E-state index in [0.29, 0.717) is 17.3 Å². The highest BCUT2D eigenvalue weighted by molar-refractivity contribution is 6.23. The molecule has 0 N–H and O–H groups in total. The molecule has 1 saturated carbocycles. The third-order valence-electron chi connectivity index (χ3n) is 5.92. The van der Waals surface area contributed by atoms with Crippen LogP contribution < -0.4 is 0 Å². The predicted octanol–water partition coefficient (Wildman–Crippen LogP) is 6.45. The lowest BCUT2D eigenvalue weighted by Crippen LogP contribution is -2.37. The van der Waals surface area contributed by atoms with Crippen LogP contribution in [0.3, 0.4) is 0 Å². The SMILES string of the molecule is CCCN(CCc1ccccc1)C(CC)CCc1ccc(C2CC2Cl)cc1. The lowest BCUT2D eigenvalue weighted by atomic mass is 9.99. The Morgan fingerprint density at radius 3 is 2.19 bits per heavy atom. The van der Waals surface area contributed by atoms with Gasteiger partial charge in [0.25, 0.3) is 0 Å². The van der Waals surface area contributed by atoms with E-state index in [-0.39, 0.29) is 0 Å². The Morgan fingerprint density at radius 2 is 1.59 bits per heavy atom. The van der Waals surface area contributed by atoms with E-state index >= 15 is 0 Å². The lowest BCUT2D eigenvalue weighted by Gasteiger charge is -2.31. The largest absolute Gasteiger partial charge is 0.300 e. The molecule has 2 aromatic carbocycles. The van der Waals surface area contributed by atoms with Gasteiger partial charge in [0, 0.05) is 23.9 Å². The zero-order chi connectivity index (χ0) is 19.1. The van der Waals surface area contributed by atoms with Gasteiger partial charge in [-0.2, -0.15) is 0 Å². The standard InChI is InChI=1S/C25H34ClN/c1-3-17-27(18-16-20-8-6-5-7-9-20)23(4-2)15-12-21-10-13-22(14-11-21)24-19-25(24)26/h5-11,13-14,23-25H,3-4,12,15-19H2,1-2H3. The lowest BCUT2D eigenvalue weighted by molar-refractivity contribution is 0.183. The van der Waals surface area contributed by atoms with Crippen molar-refractivity contribution < 1.29 is 0 Å². The van der Waals surface area contributed by atoms with Gasteiger partial charge in [-0.3, -0.25) is 0 Å². The van der Waals surface area contributed by atoms with Crippen molar-refractivity contribution >= 4 is 11.6 Å². The van der Waals surface area contributed by atoms with E-state index in [0.717, 1.165) is 19.4 Å². The van der Waals surface area contributed by atoms with E-state index in [4.69, 9.17) is 11.6 Å². The first-order valence-electron chi connectivity index (χ1n) is 10.7. The maximum atomic E-state index is 6.18. The summed E-state index contributed by atoms with van der Waals surface area (Å²) in [6, 6.07) is 20.8. The van der Waals surface area contributed by atoms with Crippen molar-refractivity contribution in [1.82, 2.24) is 4.90 Å². The fourth-order valence-corrected chi connectivity index (χ4v) is 4.44. The molecule has 146 valence electrons. The minimum Gasteiger partial charge on any atom is -0.300 e. The van der Waals surface area contributed by atoms with Gasteiger partial charge in [0.15, 0.2) is 0 Å². The molecule has 3 atom stereocenters. The van der Waals surface area contributed by atoms with Crippen LogP contribution in [0.2, 0.25) is 0 Å². The molecule has 1 aliphatic carbocycles. The Kier molecular flexibility index (Phi) is 7.79. The van der Waals surface area contributed by atoms with Crippen molar-refractivity contribution in [2.24, 2.45) is 0 Å². The average Bonchev–Trinajstić information content (AvgIpc) is 3.44. The van der Waals surface area contributed by atoms with Crippen LogP contribution >= 0.6 is 11.6 Å². The van der Waals surface area contributed by atoms with Crippen LogP contribution in [0.1, 0.15) is 62.1 Å². The van der Waals surface area contributed by atoms with Gasteiger partial charge in [-0.1, -0.05) is 68.4 Å². The fraction of sp³-hybridized carbons (Fsp3) is 0.520. The molecule has 3 rings (SSSR count). The molecule has 0 saturated heterocycles. The first-order chi connectivity index (χ1) is 13.2. The molecule has 2 aromatic rings. The molecule has 27 heavy (non-hydrogen) atoms. The quantitative estimate of drug-likeness (QED) is 0.403. The minimum atomic E-state index is 0.368. The summed E-state index contributed by atoms with van der Waals surface area (Å²) >= 11 is 6.18. The monoisotopic (exact) mass is 383 g/mol. The molecular weight excluding hydrogens is 350 g/mol. The maximum absolute atomic E-state index is 6.18. The molecular formula is C25H34ClN. The van der Waals surface area contributed by atoms with E-state index in [2.05, 4.69) is 73.3 Å². The molecule has 0 aromatic heterocycles. The Labute approximate surface area is 170 Å². The van der Waals surface area contributed by atoms with Crippen LogP contribution in [0, 0.1) is 0 Å². The van der Waals surface area contributed by atoms with Crippen molar-refractivity contribution in [2.75, 3.05) is 13.1 Å². The molecule has 1 nitrogen and oxygen atoms in total. The number of hydrogen-bond acceptors (Lipinski definition) is 1. The number of benzene rings is 2. The fourth-order valence-electron chi connectivity index (χ4n) is 4.10. The summed E-state index contributed by atoms with van der Waals surface area (Å²) in [5.74, 6) is 0.599.